The Bertz CT molecular complexity index is 851. The number of nitrogens with zero attached hydrogens (tertiary/aromatic N) is 2. The molecule has 0 aromatic heterocycles. The lowest BCUT2D eigenvalue weighted by Gasteiger charge is -2.27. The molecule has 1 N–H and O–H groups in total. The summed E-state index contributed by atoms with van der Waals surface area (Å²) in [4.78, 5) is 27.0. The summed E-state index contributed by atoms with van der Waals surface area (Å²) in [5, 5.41) is 12.0. The van der Waals surface area contributed by atoms with Crippen molar-refractivity contribution < 1.29 is 9.59 Å². The second kappa shape index (κ2) is 11.2. The number of benzene rings is 2. The highest BCUT2D eigenvalue weighted by Crippen LogP contribution is 2.29. The molecule has 1 unspecified atom stereocenters. The Morgan fingerprint density at radius 3 is 2.17 bits per heavy atom. The smallest absolute Gasteiger partial charge is 0.227 e. The summed E-state index contributed by atoms with van der Waals surface area (Å²) in [6.07, 6.45) is 1.26. The van der Waals surface area contributed by atoms with Gasteiger partial charge < -0.3 is 10.2 Å². The summed E-state index contributed by atoms with van der Waals surface area (Å²) in [5.74, 6) is -0.298. The maximum Gasteiger partial charge on any atom is 0.227 e. The lowest BCUT2D eigenvalue weighted by atomic mass is 9.85. The minimum atomic E-state index is -0.154. The Morgan fingerprint density at radius 1 is 1.00 bits per heavy atom. The van der Waals surface area contributed by atoms with Crippen molar-refractivity contribution >= 4 is 17.5 Å². The van der Waals surface area contributed by atoms with Crippen LogP contribution in [0.15, 0.2) is 60.7 Å². The number of hydrogen-bond acceptors (Lipinski definition) is 3. The van der Waals surface area contributed by atoms with Gasteiger partial charge in [-0.05, 0) is 29.5 Å². The molecule has 1 atom stereocenters. The van der Waals surface area contributed by atoms with E-state index in [1.165, 1.54) is 0 Å². The van der Waals surface area contributed by atoms with Gasteiger partial charge in [0.25, 0.3) is 0 Å². The highest BCUT2D eigenvalue weighted by atomic mass is 16.2. The Balaban J connectivity index is 2.01. The first-order valence-electron chi connectivity index (χ1n) is 10.4. The van der Waals surface area contributed by atoms with E-state index in [2.05, 4.69) is 32.2 Å². The fourth-order valence-electron chi connectivity index (χ4n) is 3.34. The molecule has 5 nitrogen and oxygen atoms in total. The summed E-state index contributed by atoms with van der Waals surface area (Å²) in [7, 11) is 0. The summed E-state index contributed by atoms with van der Waals surface area (Å²) in [6.45, 7) is 6.75. The summed E-state index contributed by atoms with van der Waals surface area (Å²) < 4.78 is 0. The Labute approximate surface area is 179 Å². The van der Waals surface area contributed by atoms with Crippen molar-refractivity contribution in [2.75, 3.05) is 11.4 Å². The SMILES string of the molecule is CC(C)(C)CC(NC(=O)CCC(=O)N(CCC#N)c1ccccc1)c1ccccc1. The van der Waals surface area contributed by atoms with Crippen LogP contribution in [0.2, 0.25) is 0 Å². The molecule has 0 aliphatic rings. The van der Waals surface area contributed by atoms with Crippen molar-refractivity contribution in [2.24, 2.45) is 5.41 Å². The predicted molar refractivity (Wildman–Crippen MR) is 120 cm³/mol. The highest BCUT2D eigenvalue weighted by Gasteiger charge is 2.23. The monoisotopic (exact) mass is 405 g/mol. The molecule has 2 aromatic rings. The van der Waals surface area contributed by atoms with Crippen molar-refractivity contribution in [3.8, 4) is 6.07 Å². The lowest BCUT2D eigenvalue weighted by Crippen LogP contribution is -2.35. The van der Waals surface area contributed by atoms with Crippen LogP contribution in [-0.4, -0.2) is 18.4 Å². The van der Waals surface area contributed by atoms with Crippen molar-refractivity contribution in [1.29, 1.82) is 5.26 Å². The first-order valence-corrected chi connectivity index (χ1v) is 10.4. The summed E-state index contributed by atoms with van der Waals surface area (Å²) in [5.41, 5.74) is 1.85. The molecule has 0 aliphatic heterocycles. The van der Waals surface area contributed by atoms with E-state index >= 15 is 0 Å². The van der Waals surface area contributed by atoms with Gasteiger partial charge in [-0.25, -0.2) is 0 Å². The zero-order valence-electron chi connectivity index (χ0n) is 18.1. The topological polar surface area (TPSA) is 73.2 Å². The third-order valence-corrected chi connectivity index (χ3v) is 4.74. The number of hydrogen-bond donors (Lipinski definition) is 1. The van der Waals surface area contributed by atoms with Crippen molar-refractivity contribution in [2.45, 2.75) is 52.5 Å². The largest absolute Gasteiger partial charge is 0.349 e. The van der Waals surface area contributed by atoms with Crippen LogP contribution in [-0.2, 0) is 9.59 Å². The minimum Gasteiger partial charge on any atom is -0.349 e. The van der Waals surface area contributed by atoms with Crippen molar-refractivity contribution in [3.05, 3.63) is 66.2 Å². The standard InChI is InChI=1S/C25H31N3O2/c1-25(2,3)19-22(20-11-6-4-7-12-20)27-23(29)15-16-24(30)28(18-10-17-26)21-13-8-5-9-14-21/h4-9,11-14,22H,10,15-16,18-19H2,1-3H3,(H,27,29). The highest BCUT2D eigenvalue weighted by molar-refractivity contribution is 5.95. The average molecular weight is 406 g/mol. The molecule has 5 heteroatoms. The van der Waals surface area contributed by atoms with Crippen LogP contribution in [0.1, 0.15) is 58.1 Å². The summed E-state index contributed by atoms with van der Waals surface area (Å²) >= 11 is 0. The summed E-state index contributed by atoms with van der Waals surface area (Å²) in [6, 6.07) is 21.2. The fourth-order valence-corrected chi connectivity index (χ4v) is 3.34. The number of nitrogens with one attached hydrogen (secondary N) is 1. The fraction of sp³-hybridized carbons (Fsp3) is 0.400. The molecule has 0 radical (unpaired) electrons. The molecule has 0 aliphatic carbocycles. The second-order valence-corrected chi connectivity index (χ2v) is 8.58. The zero-order chi connectivity index (χ0) is 22.0. The van der Waals surface area contributed by atoms with Gasteiger partial charge >= 0.3 is 0 Å². The molecule has 2 amide bonds. The maximum absolute atomic E-state index is 12.8. The van der Waals surface area contributed by atoms with E-state index in [9.17, 15) is 9.59 Å². The normalized spacial score (nSPS) is 11.9. The zero-order valence-corrected chi connectivity index (χ0v) is 18.1. The van der Waals surface area contributed by atoms with Crippen LogP contribution >= 0.6 is 0 Å². The average Bonchev–Trinajstić information content (AvgIpc) is 2.72. The van der Waals surface area contributed by atoms with Gasteiger partial charge in [0.15, 0.2) is 0 Å². The molecule has 2 rings (SSSR count). The number of rotatable bonds is 9. The first-order chi connectivity index (χ1) is 14.3. The number of nitriles is 1. The van der Waals surface area contributed by atoms with Gasteiger partial charge in [0.05, 0.1) is 18.5 Å². The molecule has 158 valence electrons. The molecule has 0 fully saturated rings. The molecule has 0 saturated heterocycles. The van der Waals surface area contributed by atoms with Gasteiger partial charge in [-0.15, -0.1) is 0 Å². The molecule has 30 heavy (non-hydrogen) atoms. The Morgan fingerprint density at radius 2 is 1.60 bits per heavy atom. The maximum atomic E-state index is 12.8. The van der Waals surface area contributed by atoms with Crippen molar-refractivity contribution in [1.82, 2.24) is 5.32 Å². The number of carbonyl (C=O) groups is 2. The van der Waals surface area contributed by atoms with Crippen LogP contribution in [0.5, 0.6) is 0 Å². The third-order valence-electron chi connectivity index (χ3n) is 4.74. The number of carbonyl (C=O) groups excluding carboxylic acids is 2. The van der Waals surface area contributed by atoms with E-state index in [0.717, 1.165) is 17.7 Å². The molecular weight excluding hydrogens is 374 g/mol. The van der Waals surface area contributed by atoms with Crippen molar-refractivity contribution in [3.63, 3.8) is 0 Å². The van der Waals surface area contributed by atoms with E-state index < -0.39 is 0 Å². The van der Waals surface area contributed by atoms with E-state index in [1.807, 2.05) is 60.7 Å². The molecule has 2 aromatic carbocycles. The quantitative estimate of drug-likeness (QED) is 0.637. The van der Waals surface area contributed by atoms with Crippen LogP contribution < -0.4 is 10.2 Å². The van der Waals surface area contributed by atoms with Crippen LogP contribution in [0.4, 0.5) is 5.69 Å². The van der Waals surface area contributed by atoms with Gasteiger partial charge in [0.2, 0.25) is 11.8 Å². The number of amides is 2. The van der Waals surface area contributed by atoms with Crippen LogP contribution in [0.3, 0.4) is 0 Å². The third kappa shape index (κ3) is 7.71. The van der Waals surface area contributed by atoms with Gasteiger partial charge in [-0.2, -0.15) is 5.26 Å². The van der Waals surface area contributed by atoms with E-state index in [0.29, 0.717) is 6.54 Å². The van der Waals surface area contributed by atoms with Gasteiger partial charge in [0.1, 0.15) is 0 Å². The Hall–Kier alpha value is -3.13. The lowest BCUT2D eigenvalue weighted by molar-refractivity contribution is -0.125. The molecule has 0 spiro atoms. The molecular formula is C25H31N3O2. The van der Waals surface area contributed by atoms with Crippen LogP contribution in [0.25, 0.3) is 0 Å². The minimum absolute atomic E-state index is 0.0466. The number of anilines is 1. The van der Waals surface area contributed by atoms with Gasteiger partial charge in [0, 0.05) is 25.1 Å². The molecule has 0 saturated carbocycles. The first kappa shape index (κ1) is 23.2. The number of para-hydroxylation sites is 1. The van der Waals surface area contributed by atoms with E-state index in [-0.39, 0.29) is 42.5 Å². The molecule has 0 heterocycles. The van der Waals surface area contributed by atoms with Gasteiger partial charge in [-0.1, -0.05) is 69.3 Å². The van der Waals surface area contributed by atoms with Crippen LogP contribution in [0, 0.1) is 16.7 Å². The molecule has 0 bridgehead atoms. The predicted octanol–water partition coefficient (Wildman–Crippen LogP) is 5.01. The van der Waals surface area contributed by atoms with Gasteiger partial charge in [-0.3, -0.25) is 9.59 Å². The van der Waals surface area contributed by atoms with E-state index in [1.54, 1.807) is 4.90 Å². The van der Waals surface area contributed by atoms with E-state index in [4.69, 9.17) is 5.26 Å². The Kier molecular flexibility index (Phi) is 8.61. The second-order valence-electron chi connectivity index (χ2n) is 8.58.